The first-order valence-corrected chi connectivity index (χ1v) is 12.4. The molecule has 0 saturated carbocycles. The monoisotopic (exact) mass is 502 g/mol. The SMILES string of the molecule is O=S(=O)(O)C(F)(F)F.c1ccc(Sc2ccc(C(c3ccccc3)c3ccccc3)cc2)cc1. The van der Waals surface area contributed by atoms with Gasteiger partial charge < -0.3 is 0 Å². The fraction of sp³-hybridized carbons (Fsp3) is 0.0769. The van der Waals surface area contributed by atoms with Crippen LogP contribution in [0.5, 0.6) is 0 Å². The number of halogens is 3. The first kappa shape index (κ1) is 25.6. The van der Waals surface area contributed by atoms with Crippen LogP contribution in [0.3, 0.4) is 0 Å². The van der Waals surface area contributed by atoms with E-state index in [-0.39, 0.29) is 5.92 Å². The largest absolute Gasteiger partial charge is 0.522 e. The molecule has 0 aliphatic carbocycles. The fourth-order valence-corrected chi connectivity index (χ4v) is 4.06. The van der Waals surface area contributed by atoms with Crippen LogP contribution in [0.2, 0.25) is 0 Å². The molecule has 0 unspecified atom stereocenters. The van der Waals surface area contributed by atoms with Crippen molar-refractivity contribution in [3.63, 3.8) is 0 Å². The van der Waals surface area contributed by atoms with Gasteiger partial charge in [0.15, 0.2) is 0 Å². The lowest BCUT2D eigenvalue weighted by atomic mass is 9.85. The highest BCUT2D eigenvalue weighted by molar-refractivity contribution is 7.99. The minimum Gasteiger partial charge on any atom is -0.279 e. The molecule has 0 radical (unpaired) electrons. The Morgan fingerprint density at radius 3 is 1.29 bits per heavy atom. The predicted octanol–water partition coefficient (Wildman–Crippen LogP) is 7.41. The third-order valence-corrected chi connectivity index (χ3v) is 6.35. The highest BCUT2D eigenvalue weighted by atomic mass is 32.2. The van der Waals surface area contributed by atoms with Gasteiger partial charge >= 0.3 is 15.6 Å². The number of rotatable bonds is 5. The van der Waals surface area contributed by atoms with Gasteiger partial charge in [-0.2, -0.15) is 21.6 Å². The molecular weight excluding hydrogens is 481 g/mol. The average molecular weight is 503 g/mol. The van der Waals surface area contributed by atoms with E-state index in [9.17, 15) is 13.2 Å². The van der Waals surface area contributed by atoms with Crippen LogP contribution in [0.15, 0.2) is 125 Å². The summed E-state index contributed by atoms with van der Waals surface area (Å²) >= 11 is 1.80. The minimum atomic E-state index is -5.84. The van der Waals surface area contributed by atoms with Gasteiger partial charge in [-0.15, -0.1) is 0 Å². The van der Waals surface area contributed by atoms with E-state index in [1.54, 1.807) is 11.8 Å². The smallest absolute Gasteiger partial charge is 0.279 e. The van der Waals surface area contributed by atoms with Crippen molar-refractivity contribution in [3.05, 3.63) is 132 Å². The lowest BCUT2D eigenvalue weighted by Gasteiger charge is -2.19. The van der Waals surface area contributed by atoms with Gasteiger partial charge in [0.25, 0.3) is 0 Å². The molecule has 0 saturated heterocycles. The minimum absolute atomic E-state index is 0.258. The van der Waals surface area contributed by atoms with E-state index < -0.39 is 15.6 Å². The van der Waals surface area contributed by atoms with E-state index in [1.165, 1.54) is 26.5 Å². The standard InChI is InChI=1S/C25H20S.CHF3O3S/c1-4-10-20(11-5-1)25(21-12-6-2-7-13-21)22-16-18-24(19-17-22)26-23-14-8-3-9-15-23;2-1(3,4)8(5,6)7/h1-19,25H;(H,5,6,7). The molecule has 0 amide bonds. The Balaban J connectivity index is 0.000000350. The van der Waals surface area contributed by atoms with E-state index in [1.807, 2.05) is 0 Å². The van der Waals surface area contributed by atoms with Gasteiger partial charge in [0.1, 0.15) is 0 Å². The van der Waals surface area contributed by atoms with Gasteiger partial charge in [0.05, 0.1) is 0 Å². The molecule has 0 aliphatic rings. The zero-order valence-corrected chi connectivity index (χ0v) is 19.4. The van der Waals surface area contributed by atoms with E-state index in [2.05, 4.69) is 115 Å². The first-order chi connectivity index (χ1) is 16.1. The maximum atomic E-state index is 10.7. The van der Waals surface area contributed by atoms with Crippen LogP contribution in [0.1, 0.15) is 22.6 Å². The second-order valence-corrected chi connectivity index (χ2v) is 9.72. The molecule has 0 aliphatic heterocycles. The maximum Gasteiger partial charge on any atom is 0.522 e. The van der Waals surface area contributed by atoms with Gasteiger partial charge in [0.2, 0.25) is 0 Å². The van der Waals surface area contributed by atoms with Crippen LogP contribution < -0.4 is 0 Å². The number of benzene rings is 4. The highest BCUT2D eigenvalue weighted by Crippen LogP contribution is 2.34. The van der Waals surface area contributed by atoms with E-state index in [4.69, 9.17) is 13.0 Å². The van der Waals surface area contributed by atoms with Crippen LogP contribution in [0.25, 0.3) is 0 Å². The number of alkyl halides is 3. The summed E-state index contributed by atoms with van der Waals surface area (Å²) < 4.78 is 57.5. The average Bonchev–Trinajstić information content (AvgIpc) is 2.82. The second-order valence-electron chi connectivity index (χ2n) is 7.16. The Morgan fingerprint density at radius 1 is 0.588 bits per heavy atom. The first-order valence-electron chi connectivity index (χ1n) is 10.1. The van der Waals surface area contributed by atoms with E-state index in [0.29, 0.717) is 0 Å². The Hall–Kier alpha value is -3.07. The summed E-state index contributed by atoms with van der Waals surface area (Å²) in [5.74, 6) is 0.258. The van der Waals surface area contributed by atoms with Crippen LogP contribution in [-0.4, -0.2) is 18.5 Å². The summed E-state index contributed by atoms with van der Waals surface area (Å²) in [6.45, 7) is 0. The number of hydrogen-bond donors (Lipinski definition) is 1. The van der Waals surface area contributed by atoms with Crippen molar-refractivity contribution in [2.24, 2.45) is 0 Å². The molecule has 34 heavy (non-hydrogen) atoms. The molecule has 176 valence electrons. The summed E-state index contributed by atoms with van der Waals surface area (Å²) in [5, 5.41) is 0. The normalized spacial score (nSPS) is 11.6. The lowest BCUT2D eigenvalue weighted by Crippen LogP contribution is -2.21. The summed E-state index contributed by atoms with van der Waals surface area (Å²) in [7, 11) is -5.84. The fourth-order valence-electron chi connectivity index (χ4n) is 3.22. The van der Waals surface area contributed by atoms with Crippen LogP contribution in [0, 0.1) is 0 Å². The maximum absolute atomic E-state index is 10.7. The molecule has 0 aromatic heterocycles. The second kappa shape index (κ2) is 11.4. The molecule has 0 atom stereocenters. The summed E-state index contributed by atoms with van der Waals surface area (Å²) in [4.78, 5) is 2.53. The van der Waals surface area contributed by atoms with Gasteiger partial charge in [-0.3, -0.25) is 4.55 Å². The van der Waals surface area contributed by atoms with Gasteiger partial charge in [-0.1, -0.05) is 103 Å². The summed E-state index contributed by atoms with van der Waals surface area (Å²) in [5.41, 5.74) is -1.57. The molecule has 0 bridgehead atoms. The van der Waals surface area contributed by atoms with Crippen LogP contribution in [0.4, 0.5) is 13.2 Å². The van der Waals surface area contributed by atoms with Gasteiger partial charge in [-0.25, -0.2) is 0 Å². The highest BCUT2D eigenvalue weighted by Gasteiger charge is 2.44. The zero-order chi connectivity index (χ0) is 24.6. The molecule has 0 fully saturated rings. The summed E-state index contributed by atoms with van der Waals surface area (Å²) in [6, 6.07) is 41.0. The van der Waals surface area contributed by atoms with Crippen molar-refractivity contribution in [1.82, 2.24) is 0 Å². The van der Waals surface area contributed by atoms with Gasteiger partial charge in [-0.05, 0) is 41.0 Å². The molecule has 4 aromatic rings. The molecule has 4 rings (SSSR count). The predicted molar refractivity (Wildman–Crippen MR) is 128 cm³/mol. The van der Waals surface area contributed by atoms with Crippen LogP contribution in [-0.2, 0) is 10.1 Å². The third kappa shape index (κ3) is 7.21. The molecule has 1 N–H and O–H groups in total. The molecule has 0 heterocycles. The Labute approximate surface area is 201 Å². The Bertz CT molecular complexity index is 1220. The van der Waals surface area contributed by atoms with Crippen molar-refractivity contribution < 1.29 is 26.1 Å². The lowest BCUT2D eigenvalue weighted by molar-refractivity contribution is -0.0510. The van der Waals surface area contributed by atoms with Gasteiger partial charge in [0, 0.05) is 15.7 Å². The third-order valence-electron chi connectivity index (χ3n) is 4.75. The molecule has 4 aromatic carbocycles. The zero-order valence-electron chi connectivity index (χ0n) is 17.8. The number of hydrogen-bond acceptors (Lipinski definition) is 3. The summed E-state index contributed by atoms with van der Waals surface area (Å²) in [6.07, 6.45) is 0. The van der Waals surface area contributed by atoms with E-state index in [0.717, 1.165) is 0 Å². The van der Waals surface area contributed by atoms with Crippen molar-refractivity contribution in [2.75, 3.05) is 0 Å². The van der Waals surface area contributed by atoms with Crippen molar-refractivity contribution in [1.29, 1.82) is 0 Å². The van der Waals surface area contributed by atoms with Crippen LogP contribution >= 0.6 is 11.8 Å². The molecule has 3 nitrogen and oxygen atoms in total. The topological polar surface area (TPSA) is 54.4 Å². The molecular formula is C26H21F3O3S2. The Kier molecular flexibility index (Phi) is 8.55. The van der Waals surface area contributed by atoms with Crippen molar-refractivity contribution >= 4 is 21.9 Å². The molecule has 8 heteroatoms. The van der Waals surface area contributed by atoms with Crippen molar-refractivity contribution in [2.45, 2.75) is 21.2 Å². The van der Waals surface area contributed by atoms with Crippen molar-refractivity contribution in [3.8, 4) is 0 Å². The van der Waals surface area contributed by atoms with E-state index >= 15 is 0 Å². The quantitative estimate of drug-likeness (QED) is 0.175. The molecule has 0 spiro atoms. The Morgan fingerprint density at radius 2 is 0.912 bits per heavy atom.